The molecule has 0 aliphatic carbocycles. The molecule has 0 aromatic carbocycles. The van der Waals surface area contributed by atoms with Crippen LogP contribution in [-0.4, -0.2) is 24.7 Å². The molecule has 1 N–H and O–H groups in total. The SMILES string of the molecule is CC(NCC1(C)COC1)c1ccc(Cl)nc1. The van der Waals surface area contributed by atoms with Crippen molar-refractivity contribution in [1.82, 2.24) is 10.3 Å². The first-order valence-electron chi connectivity index (χ1n) is 5.52. The first-order valence-corrected chi connectivity index (χ1v) is 5.89. The molecular weight excluding hydrogens is 224 g/mol. The van der Waals surface area contributed by atoms with Crippen LogP contribution in [0.2, 0.25) is 5.15 Å². The van der Waals surface area contributed by atoms with Gasteiger partial charge in [0, 0.05) is 24.2 Å². The monoisotopic (exact) mass is 240 g/mol. The Balaban J connectivity index is 1.87. The molecule has 2 heterocycles. The van der Waals surface area contributed by atoms with E-state index in [1.807, 2.05) is 18.3 Å². The van der Waals surface area contributed by atoms with Crippen LogP contribution in [0, 0.1) is 5.41 Å². The fourth-order valence-electron chi connectivity index (χ4n) is 1.71. The summed E-state index contributed by atoms with van der Waals surface area (Å²) in [7, 11) is 0. The van der Waals surface area contributed by atoms with Gasteiger partial charge in [-0.15, -0.1) is 0 Å². The Kier molecular flexibility index (Phi) is 3.47. The van der Waals surface area contributed by atoms with Crippen molar-refractivity contribution in [2.75, 3.05) is 19.8 Å². The Morgan fingerprint density at radius 2 is 2.31 bits per heavy atom. The van der Waals surface area contributed by atoms with E-state index in [0.717, 1.165) is 25.3 Å². The molecule has 1 unspecified atom stereocenters. The summed E-state index contributed by atoms with van der Waals surface area (Å²) in [5.74, 6) is 0. The van der Waals surface area contributed by atoms with Crippen LogP contribution in [-0.2, 0) is 4.74 Å². The normalized spacial score (nSPS) is 20.2. The van der Waals surface area contributed by atoms with E-state index in [4.69, 9.17) is 16.3 Å². The van der Waals surface area contributed by atoms with E-state index in [-0.39, 0.29) is 0 Å². The van der Waals surface area contributed by atoms with Crippen molar-refractivity contribution in [3.63, 3.8) is 0 Å². The molecule has 1 aliphatic rings. The number of nitrogens with zero attached hydrogens (tertiary/aromatic N) is 1. The third-order valence-corrected chi connectivity index (χ3v) is 3.21. The van der Waals surface area contributed by atoms with Gasteiger partial charge in [-0.1, -0.05) is 24.6 Å². The predicted molar refractivity (Wildman–Crippen MR) is 64.6 cm³/mol. The Labute approximate surface area is 101 Å². The van der Waals surface area contributed by atoms with E-state index >= 15 is 0 Å². The first-order chi connectivity index (χ1) is 7.59. The van der Waals surface area contributed by atoms with E-state index in [0.29, 0.717) is 16.6 Å². The van der Waals surface area contributed by atoms with Crippen molar-refractivity contribution in [1.29, 1.82) is 0 Å². The molecule has 0 saturated carbocycles. The first kappa shape index (κ1) is 11.8. The van der Waals surface area contributed by atoms with E-state index in [1.165, 1.54) is 0 Å². The highest BCUT2D eigenvalue weighted by molar-refractivity contribution is 6.29. The minimum absolute atomic E-state index is 0.294. The second-order valence-corrected chi connectivity index (χ2v) is 5.21. The molecule has 2 rings (SSSR count). The van der Waals surface area contributed by atoms with Gasteiger partial charge < -0.3 is 10.1 Å². The van der Waals surface area contributed by atoms with Crippen LogP contribution in [0.5, 0.6) is 0 Å². The van der Waals surface area contributed by atoms with Gasteiger partial charge in [0.15, 0.2) is 0 Å². The Morgan fingerprint density at radius 1 is 1.56 bits per heavy atom. The molecule has 1 atom stereocenters. The van der Waals surface area contributed by atoms with Gasteiger partial charge in [0.05, 0.1) is 13.2 Å². The number of ether oxygens (including phenoxy) is 1. The fourth-order valence-corrected chi connectivity index (χ4v) is 1.83. The molecule has 88 valence electrons. The molecule has 1 saturated heterocycles. The zero-order valence-corrected chi connectivity index (χ0v) is 10.4. The third-order valence-electron chi connectivity index (χ3n) is 2.99. The number of pyridine rings is 1. The van der Waals surface area contributed by atoms with Gasteiger partial charge in [-0.3, -0.25) is 0 Å². The quantitative estimate of drug-likeness (QED) is 0.821. The summed E-state index contributed by atoms with van der Waals surface area (Å²) in [4.78, 5) is 4.08. The molecule has 16 heavy (non-hydrogen) atoms. The van der Waals surface area contributed by atoms with Crippen LogP contribution in [0.3, 0.4) is 0 Å². The molecular formula is C12H17ClN2O. The van der Waals surface area contributed by atoms with Crippen molar-refractivity contribution in [2.45, 2.75) is 19.9 Å². The molecule has 1 aromatic rings. The number of nitrogens with one attached hydrogen (secondary N) is 1. The Hall–Kier alpha value is -0.640. The van der Waals surface area contributed by atoms with E-state index in [1.54, 1.807) is 0 Å². The van der Waals surface area contributed by atoms with Gasteiger partial charge in [-0.25, -0.2) is 4.98 Å². The maximum absolute atomic E-state index is 5.75. The fraction of sp³-hybridized carbons (Fsp3) is 0.583. The summed E-state index contributed by atoms with van der Waals surface area (Å²) in [6.07, 6.45) is 1.82. The number of halogens is 1. The topological polar surface area (TPSA) is 34.1 Å². The molecule has 3 nitrogen and oxygen atoms in total. The van der Waals surface area contributed by atoms with Gasteiger partial charge in [0.2, 0.25) is 0 Å². The summed E-state index contributed by atoms with van der Waals surface area (Å²) in [6, 6.07) is 4.12. The summed E-state index contributed by atoms with van der Waals surface area (Å²) in [5.41, 5.74) is 1.46. The van der Waals surface area contributed by atoms with E-state index in [2.05, 4.69) is 24.1 Å². The second kappa shape index (κ2) is 4.70. The lowest BCUT2D eigenvalue weighted by molar-refractivity contribution is -0.0999. The van der Waals surface area contributed by atoms with Crippen LogP contribution in [0.1, 0.15) is 25.5 Å². The van der Waals surface area contributed by atoms with Crippen LogP contribution in [0.15, 0.2) is 18.3 Å². The van der Waals surface area contributed by atoms with E-state index in [9.17, 15) is 0 Å². The molecule has 0 bridgehead atoms. The van der Waals surface area contributed by atoms with Gasteiger partial charge in [0.1, 0.15) is 5.15 Å². The van der Waals surface area contributed by atoms with Crippen molar-refractivity contribution < 1.29 is 4.74 Å². The molecule has 4 heteroatoms. The molecule has 0 radical (unpaired) electrons. The van der Waals surface area contributed by atoms with Crippen LogP contribution in [0.25, 0.3) is 0 Å². The minimum atomic E-state index is 0.294. The predicted octanol–water partition coefficient (Wildman–Crippen LogP) is 2.42. The number of aromatic nitrogens is 1. The largest absolute Gasteiger partial charge is 0.380 e. The third kappa shape index (κ3) is 2.73. The second-order valence-electron chi connectivity index (χ2n) is 4.82. The Bertz CT molecular complexity index is 349. The molecule has 0 spiro atoms. The molecule has 1 aromatic heterocycles. The van der Waals surface area contributed by atoms with Crippen molar-refractivity contribution in [2.24, 2.45) is 5.41 Å². The highest BCUT2D eigenvalue weighted by Crippen LogP contribution is 2.26. The summed E-state index contributed by atoms with van der Waals surface area (Å²) >= 11 is 5.75. The average molecular weight is 241 g/mol. The lowest BCUT2D eigenvalue weighted by atomic mass is 9.88. The highest BCUT2D eigenvalue weighted by Gasteiger charge is 2.33. The lowest BCUT2D eigenvalue weighted by Crippen LogP contribution is -2.47. The number of hydrogen-bond acceptors (Lipinski definition) is 3. The van der Waals surface area contributed by atoms with Crippen LogP contribution >= 0.6 is 11.6 Å². The smallest absolute Gasteiger partial charge is 0.129 e. The summed E-state index contributed by atoms with van der Waals surface area (Å²) in [5, 5.41) is 4.04. The van der Waals surface area contributed by atoms with Gasteiger partial charge in [-0.2, -0.15) is 0 Å². The van der Waals surface area contributed by atoms with Crippen molar-refractivity contribution in [3.8, 4) is 0 Å². The lowest BCUT2D eigenvalue weighted by Gasteiger charge is -2.39. The zero-order valence-electron chi connectivity index (χ0n) is 9.66. The maximum atomic E-state index is 5.75. The minimum Gasteiger partial charge on any atom is -0.380 e. The van der Waals surface area contributed by atoms with Crippen molar-refractivity contribution in [3.05, 3.63) is 29.0 Å². The van der Waals surface area contributed by atoms with Crippen molar-refractivity contribution >= 4 is 11.6 Å². The standard InChI is InChI=1S/C12H17ClN2O/c1-9(10-3-4-11(13)14-5-10)15-6-12(2)7-16-8-12/h3-5,9,15H,6-8H2,1-2H3. The van der Waals surface area contributed by atoms with Gasteiger partial charge in [0.25, 0.3) is 0 Å². The summed E-state index contributed by atoms with van der Waals surface area (Å²) in [6.45, 7) is 7.04. The zero-order chi connectivity index (χ0) is 11.6. The number of rotatable bonds is 4. The van der Waals surface area contributed by atoms with Crippen LogP contribution in [0.4, 0.5) is 0 Å². The summed E-state index contributed by atoms with van der Waals surface area (Å²) < 4.78 is 5.22. The molecule has 1 fully saturated rings. The molecule has 1 aliphatic heterocycles. The Morgan fingerprint density at radius 3 is 2.81 bits per heavy atom. The van der Waals surface area contributed by atoms with E-state index < -0.39 is 0 Å². The molecule has 0 amide bonds. The maximum Gasteiger partial charge on any atom is 0.129 e. The highest BCUT2D eigenvalue weighted by atomic mass is 35.5. The average Bonchev–Trinajstić information content (AvgIpc) is 2.24. The van der Waals surface area contributed by atoms with Gasteiger partial charge >= 0.3 is 0 Å². The number of hydrogen-bond donors (Lipinski definition) is 1. The van der Waals surface area contributed by atoms with Gasteiger partial charge in [-0.05, 0) is 18.6 Å². The van der Waals surface area contributed by atoms with Crippen LogP contribution < -0.4 is 5.32 Å².